The van der Waals surface area contributed by atoms with Crippen LogP contribution in [0.2, 0.25) is 0 Å². The third-order valence-electron chi connectivity index (χ3n) is 1.24. The van der Waals surface area contributed by atoms with Crippen LogP contribution in [-0.4, -0.2) is 11.1 Å². The lowest BCUT2D eigenvalue weighted by Gasteiger charge is -2.10. The van der Waals surface area contributed by atoms with Gasteiger partial charge in [0.25, 0.3) is 0 Å². The summed E-state index contributed by atoms with van der Waals surface area (Å²) in [4.78, 5) is 10.6. The minimum Gasteiger partial charge on any atom is -0.281 e. The number of hydroxylamine groups is 1. The van der Waals surface area contributed by atoms with Gasteiger partial charge in [-0.05, 0) is 18.2 Å². The van der Waals surface area contributed by atoms with Crippen molar-refractivity contribution in [2.75, 3.05) is 5.06 Å². The Morgan fingerprint density at radius 1 is 1.55 bits per heavy atom. The Kier molecular flexibility index (Phi) is 2.23. The van der Waals surface area contributed by atoms with Crippen LogP contribution in [0.1, 0.15) is 6.92 Å². The maximum absolute atomic E-state index is 10.6. The predicted molar refractivity (Wildman–Crippen MR) is 40.2 cm³/mol. The average molecular weight is 150 g/mol. The summed E-state index contributed by atoms with van der Waals surface area (Å²) in [5, 5.41) is 9.66. The maximum atomic E-state index is 10.6. The number of anilines is 1. The number of amides is 1. The molecule has 57 valence electrons. The molecule has 3 nitrogen and oxygen atoms in total. The number of carbonyl (C=O) groups is 1. The molecule has 0 saturated heterocycles. The quantitative estimate of drug-likeness (QED) is 0.483. The lowest BCUT2D eigenvalue weighted by atomic mass is 10.3. The fraction of sp³-hybridized carbons (Fsp3) is 0.125. The molecule has 11 heavy (non-hydrogen) atoms. The molecule has 3 heteroatoms. The maximum Gasteiger partial charge on any atom is 0.247 e. The monoisotopic (exact) mass is 150 g/mol. The molecule has 1 aromatic rings. The van der Waals surface area contributed by atoms with Crippen molar-refractivity contribution in [3.05, 3.63) is 30.3 Å². The second-order valence-electron chi connectivity index (χ2n) is 2.09. The van der Waals surface area contributed by atoms with Gasteiger partial charge >= 0.3 is 0 Å². The highest BCUT2D eigenvalue weighted by atomic mass is 16.5. The summed E-state index contributed by atoms with van der Waals surface area (Å²) >= 11 is 0. The van der Waals surface area contributed by atoms with Crippen molar-refractivity contribution in [3.8, 4) is 0 Å². The van der Waals surface area contributed by atoms with Crippen molar-refractivity contribution >= 4 is 11.6 Å². The van der Waals surface area contributed by atoms with Crippen molar-refractivity contribution in [2.45, 2.75) is 6.92 Å². The van der Waals surface area contributed by atoms with E-state index in [1.807, 2.05) is 0 Å². The third-order valence-corrected chi connectivity index (χ3v) is 1.24. The summed E-state index contributed by atoms with van der Waals surface area (Å²) in [5.74, 6) is -0.406. The van der Waals surface area contributed by atoms with Crippen LogP contribution in [-0.2, 0) is 4.79 Å². The molecular formula is C8H8NO2. The van der Waals surface area contributed by atoms with E-state index < -0.39 is 5.91 Å². The number of carbonyl (C=O) groups excluding carboxylic acids is 1. The molecular weight excluding hydrogens is 142 g/mol. The number of rotatable bonds is 1. The topological polar surface area (TPSA) is 40.5 Å². The van der Waals surface area contributed by atoms with Crippen LogP contribution in [0.3, 0.4) is 0 Å². The van der Waals surface area contributed by atoms with E-state index >= 15 is 0 Å². The SMILES string of the molecule is CC(=O)N(O)c1cc[c]cc1. The molecule has 1 rings (SSSR count). The summed E-state index contributed by atoms with van der Waals surface area (Å²) < 4.78 is 0. The smallest absolute Gasteiger partial charge is 0.247 e. The van der Waals surface area contributed by atoms with Gasteiger partial charge in [-0.25, -0.2) is 0 Å². The Hall–Kier alpha value is -1.35. The molecule has 0 aliphatic heterocycles. The molecule has 0 heterocycles. The van der Waals surface area contributed by atoms with Gasteiger partial charge in [0.05, 0.1) is 5.69 Å². The summed E-state index contributed by atoms with van der Waals surface area (Å²) in [6.07, 6.45) is 0. The van der Waals surface area contributed by atoms with Crippen LogP contribution in [0, 0.1) is 6.07 Å². The van der Waals surface area contributed by atoms with Crippen molar-refractivity contribution in [1.82, 2.24) is 0 Å². The van der Waals surface area contributed by atoms with Crippen molar-refractivity contribution in [1.29, 1.82) is 0 Å². The first-order valence-corrected chi connectivity index (χ1v) is 3.17. The summed E-state index contributed by atoms with van der Waals surface area (Å²) in [5.41, 5.74) is 0.455. The number of benzene rings is 1. The Morgan fingerprint density at radius 2 is 2.09 bits per heavy atom. The van der Waals surface area contributed by atoms with Crippen molar-refractivity contribution in [3.63, 3.8) is 0 Å². The van der Waals surface area contributed by atoms with Gasteiger partial charge in [0.2, 0.25) is 5.91 Å². The lowest BCUT2D eigenvalue weighted by Crippen LogP contribution is -2.23. The number of hydrogen-bond donors (Lipinski definition) is 1. The molecule has 0 bridgehead atoms. The lowest BCUT2D eigenvalue weighted by molar-refractivity contribution is -0.121. The van der Waals surface area contributed by atoms with Crippen molar-refractivity contribution < 1.29 is 10.0 Å². The van der Waals surface area contributed by atoms with Crippen LogP contribution < -0.4 is 5.06 Å². The predicted octanol–water partition coefficient (Wildman–Crippen LogP) is 1.23. The van der Waals surface area contributed by atoms with Crippen LogP contribution in [0.5, 0.6) is 0 Å². The molecule has 1 amide bonds. The molecule has 0 aliphatic carbocycles. The zero-order valence-electron chi connectivity index (χ0n) is 6.11. The highest BCUT2D eigenvalue weighted by molar-refractivity contribution is 5.88. The van der Waals surface area contributed by atoms with Gasteiger partial charge in [-0.1, -0.05) is 12.1 Å². The van der Waals surface area contributed by atoms with Crippen LogP contribution >= 0.6 is 0 Å². The first kappa shape index (κ1) is 7.75. The van der Waals surface area contributed by atoms with Crippen molar-refractivity contribution in [2.24, 2.45) is 0 Å². The normalized spacial score (nSPS) is 9.27. The molecule has 0 unspecified atom stereocenters. The minimum absolute atomic E-state index is 0.406. The Morgan fingerprint density at radius 3 is 2.55 bits per heavy atom. The van der Waals surface area contributed by atoms with Gasteiger partial charge in [-0.3, -0.25) is 10.0 Å². The largest absolute Gasteiger partial charge is 0.281 e. The molecule has 1 N–H and O–H groups in total. The van der Waals surface area contributed by atoms with E-state index in [9.17, 15) is 4.79 Å². The summed E-state index contributed by atoms with van der Waals surface area (Å²) in [6.45, 7) is 1.29. The molecule has 0 fully saturated rings. The van der Waals surface area contributed by atoms with E-state index in [0.29, 0.717) is 10.8 Å². The Balaban J connectivity index is 2.85. The van der Waals surface area contributed by atoms with E-state index in [1.54, 1.807) is 24.3 Å². The summed E-state index contributed by atoms with van der Waals surface area (Å²) in [7, 11) is 0. The first-order valence-electron chi connectivity index (χ1n) is 3.17. The number of nitrogens with zero attached hydrogens (tertiary/aromatic N) is 1. The molecule has 0 spiro atoms. The van der Waals surface area contributed by atoms with Gasteiger partial charge in [0.15, 0.2) is 0 Å². The Labute approximate surface area is 64.8 Å². The molecule has 0 aromatic heterocycles. The second kappa shape index (κ2) is 3.16. The fourth-order valence-electron chi connectivity index (χ4n) is 0.701. The third kappa shape index (κ3) is 1.78. The highest BCUT2D eigenvalue weighted by Crippen LogP contribution is 2.09. The molecule has 0 atom stereocenters. The molecule has 1 radical (unpaired) electrons. The van der Waals surface area contributed by atoms with E-state index in [2.05, 4.69) is 6.07 Å². The van der Waals surface area contributed by atoms with Crippen LogP contribution in [0.25, 0.3) is 0 Å². The van der Waals surface area contributed by atoms with E-state index in [0.717, 1.165) is 0 Å². The molecule has 0 aliphatic rings. The zero-order valence-corrected chi connectivity index (χ0v) is 6.11. The average Bonchev–Trinajstić information content (AvgIpc) is 2.05. The van der Waals surface area contributed by atoms with Gasteiger partial charge in [0, 0.05) is 6.92 Å². The van der Waals surface area contributed by atoms with Gasteiger partial charge in [-0.15, -0.1) is 0 Å². The second-order valence-corrected chi connectivity index (χ2v) is 2.09. The molecule has 0 saturated carbocycles. The Bertz CT molecular complexity index is 246. The summed E-state index contributed by atoms with van der Waals surface area (Å²) in [6, 6.07) is 9.23. The molecule has 1 aromatic carbocycles. The van der Waals surface area contributed by atoms with Gasteiger partial charge in [0.1, 0.15) is 0 Å². The van der Waals surface area contributed by atoms with E-state index in [4.69, 9.17) is 5.21 Å². The van der Waals surface area contributed by atoms with Crippen LogP contribution in [0.4, 0.5) is 5.69 Å². The number of hydrogen-bond acceptors (Lipinski definition) is 2. The standard InChI is InChI=1S/C8H8NO2/c1-7(10)9(11)8-5-3-2-4-6-8/h3-6,11H,1H3. The zero-order chi connectivity index (χ0) is 8.27. The fourth-order valence-corrected chi connectivity index (χ4v) is 0.701. The van der Waals surface area contributed by atoms with Gasteiger partial charge < -0.3 is 0 Å². The van der Waals surface area contributed by atoms with Gasteiger partial charge in [-0.2, -0.15) is 5.06 Å². The van der Waals surface area contributed by atoms with Crippen LogP contribution in [0.15, 0.2) is 24.3 Å². The highest BCUT2D eigenvalue weighted by Gasteiger charge is 2.05. The minimum atomic E-state index is -0.406. The van der Waals surface area contributed by atoms with E-state index in [1.165, 1.54) is 6.92 Å². The first-order chi connectivity index (χ1) is 5.22. The van der Waals surface area contributed by atoms with E-state index in [-0.39, 0.29) is 0 Å².